The molecule has 0 bridgehead atoms. The molecule has 0 aliphatic rings. The summed E-state index contributed by atoms with van der Waals surface area (Å²) < 4.78 is 0.363. The Morgan fingerprint density at radius 2 is 2.09 bits per heavy atom. The van der Waals surface area contributed by atoms with Crippen molar-refractivity contribution < 1.29 is 0 Å². The Morgan fingerprint density at radius 3 is 2.55 bits per heavy atom. The van der Waals surface area contributed by atoms with E-state index in [1.165, 1.54) is 0 Å². The van der Waals surface area contributed by atoms with Crippen LogP contribution < -0.4 is 5.32 Å². The fraction of sp³-hybridized carbons (Fsp3) is 0.778. The molecule has 0 saturated heterocycles. The van der Waals surface area contributed by atoms with Crippen molar-refractivity contribution in [3.05, 3.63) is 12.2 Å². The van der Waals surface area contributed by atoms with E-state index in [2.05, 4.69) is 37.6 Å². The van der Waals surface area contributed by atoms with Crippen molar-refractivity contribution in [2.45, 2.75) is 25.5 Å². The molecule has 0 rings (SSSR count). The largest absolute Gasteiger partial charge is 0.312 e. The average molecular weight is 173 g/mol. The molecule has 0 heterocycles. The second-order valence-electron chi connectivity index (χ2n) is 3.16. The highest BCUT2D eigenvalue weighted by molar-refractivity contribution is 7.99. The molecule has 1 N–H and O–H groups in total. The van der Waals surface area contributed by atoms with Crippen molar-refractivity contribution in [1.82, 2.24) is 5.32 Å². The first kappa shape index (κ1) is 11.1. The van der Waals surface area contributed by atoms with Gasteiger partial charge in [-0.05, 0) is 27.0 Å². The summed E-state index contributed by atoms with van der Waals surface area (Å²) in [6.07, 6.45) is 6.35. The smallest absolute Gasteiger partial charge is 0.0225 e. The highest BCUT2D eigenvalue weighted by atomic mass is 32.2. The number of rotatable bonds is 5. The summed E-state index contributed by atoms with van der Waals surface area (Å²) in [6.45, 7) is 8.60. The van der Waals surface area contributed by atoms with E-state index < -0.39 is 0 Å². The monoisotopic (exact) mass is 173 g/mol. The lowest BCUT2D eigenvalue weighted by Gasteiger charge is -2.21. The van der Waals surface area contributed by atoms with E-state index in [4.69, 9.17) is 0 Å². The molecule has 11 heavy (non-hydrogen) atoms. The maximum Gasteiger partial charge on any atom is 0.0225 e. The molecule has 0 amide bonds. The fourth-order valence-corrected chi connectivity index (χ4v) is 0.893. The zero-order valence-corrected chi connectivity index (χ0v) is 8.79. The Balaban J connectivity index is 3.37. The van der Waals surface area contributed by atoms with Gasteiger partial charge in [-0.25, -0.2) is 0 Å². The van der Waals surface area contributed by atoms with Crippen LogP contribution in [0.1, 0.15) is 20.8 Å². The van der Waals surface area contributed by atoms with Gasteiger partial charge < -0.3 is 5.32 Å². The molecular weight excluding hydrogens is 154 g/mol. The molecule has 0 aromatic carbocycles. The molecule has 0 unspecified atom stereocenters. The third-order valence-electron chi connectivity index (χ3n) is 1.60. The quantitative estimate of drug-likeness (QED) is 0.506. The van der Waals surface area contributed by atoms with Crippen LogP contribution >= 0.6 is 11.8 Å². The molecule has 0 aliphatic heterocycles. The average Bonchev–Trinajstić information content (AvgIpc) is 1.99. The van der Waals surface area contributed by atoms with Crippen molar-refractivity contribution in [3.63, 3.8) is 0 Å². The fourth-order valence-electron chi connectivity index (χ4n) is 0.647. The highest BCUT2D eigenvalue weighted by Gasteiger charge is 2.13. The van der Waals surface area contributed by atoms with Crippen molar-refractivity contribution in [1.29, 1.82) is 0 Å². The Labute approximate surface area is 74.6 Å². The maximum atomic E-state index is 3.37. The zero-order valence-electron chi connectivity index (χ0n) is 7.98. The number of nitrogens with one attached hydrogen (secondary N) is 1. The lowest BCUT2D eigenvalue weighted by molar-refractivity contribution is 0.621. The van der Waals surface area contributed by atoms with Gasteiger partial charge in [-0.3, -0.25) is 0 Å². The van der Waals surface area contributed by atoms with Gasteiger partial charge in [0.05, 0.1) is 0 Å². The Hall–Kier alpha value is 0.0500. The zero-order chi connectivity index (χ0) is 8.74. The Morgan fingerprint density at radius 1 is 1.45 bits per heavy atom. The molecule has 0 saturated carbocycles. The van der Waals surface area contributed by atoms with Crippen LogP contribution in [0.25, 0.3) is 0 Å². The molecule has 0 radical (unpaired) electrons. The third kappa shape index (κ3) is 6.45. The Bertz CT molecular complexity index is 119. The highest BCUT2D eigenvalue weighted by Crippen LogP contribution is 2.19. The van der Waals surface area contributed by atoms with Gasteiger partial charge >= 0.3 is 0 Å². The van der Waals surface area contributed by atoms with Crippen LogP contribution in [0.5, 0.6) is 0 Å². The van der Waals surface area contributed by atoms with Crippen molar-refractivity contribution in [2.75, 3.05) is 19.3 Å². The van der Waals surface area contributed by atoms with Crippen LogP contribution in [-0.2, 0) is 0 Å². The summed E-state index contributed by atoms with van der Waals surface area (Å²) in [4.78, 5) is 0. The van der Waals surface area contributed by atoms with Crippen molar-refractivity contribution in [3.8, 4) is 0 Å². The number of allylic oxidation sites excluding steroid dienone is 1. The van der Waals surface area contributed by atoms with Gasteiger partial charge in [-0.2, -0.15) is 11.8 Å². The predicted octanol–water partition coefficient (Wildman–Crippen LogP) is 2.29. The van der Waals surface area contributed by atoms with E-state index in [9.17, 15) is 0 Å². The summed E-state index contributed by atoms with van der Waals surface area (Å²) in [5.74, 6) is 0. The minimum atomic E-state index is 0.363. The van der Waals surface area contributed by atoms with E-state index >= 15 is 0 Å². The summed E-state index contributed by atoms with van der Waals surface area (Å²) in [5.41, 5.74) is 0. The molecule has 0 spiro atoms. The first-order valence-corrected chi connectivity index (χ1v) is 5.22. The molecule has 66 valence electrons. The molecule has 2 heteroatoms. The van der Waals surface area contributed by atoms with Crippen molar-refractivity contribution >= 4 is 11.8 Å². The van der Waals surface area contributed by atoms with Crippen LogP contribution in [0.2, 0.25) is 0 Å². The summed E-state index contributed by atoms with van der Waals surface area (Å²) in [6, 6.07) is 0. The molecule has 0 fully saturated rings. The second kappa shape index (κ2) is 5.67. The van der Waals surface area contributed by atoms with Crippen LogP contribution in [0.4, 0.5) is 0 Å². The van der Waals surface area contributed by atoms with E-state index in [1.54, 1.807) is 0 Å². The minimum absolute atomic E-state index is 0.363. The van der Waals surface area contributed by atoms with E-state index in [0.29, 0.717) is 4.75 Å². The second-order valence-corrected chi connectivity index (χ2v) is 4.68. The van der Waals surface area contributed by atoms with Gasteiger partial charge in [0.15, 0.2) is 0 Å². The van der Waals surface area contributed by atoms with Crippen molar-refractivity contribution in [2.24, 2.45) is 0 Å². The van der Waals surface area contributed by atoms with E-state index in [0.717, 1.165) is 13.1 Å². The summed E-state index contributed by atoms with van der Waals surface area (Å²) in [7, 11) is 0. The Kier molecular flexibility index (Phi) is 5.69. The van der Waals surface area contributed by atoms with Gasteiger partial charge in [0.1, 0.15) is 0 Å². The van der Waals surface area contributed by atoms with Crippen LogP contribution in [0.15, 0.2) is 12.2 Å². The summed E-state index contributed by atoms with van der Waals surface area (Å²) >= 11 is 1.90. The van der Waals surface area contributed by atoms with Crippen LogP contribution in [0.3, 0.4) is 0 Å². The topological polar surface area (TPSA) is 12.0 Å². The number of hydrogen-bond donors (Lipinski definition) is 1. The first-order chi connectivity index (χ1) is 5.12. The predicted molar refractivity (Wildman–Crippen MR) is 55.3 cm³/mol. The molecule has 0 aliphatic carbocycles. The van der Waals surface area contributed by atoms with Gasteiger partial charge in [0.2, 0.25) is 0 Å². The number of thioether (sulfide) groups is 1. The van der Waals surface area contributed by atoms with Crippen LogP contribution in [-0.4, -0.2) is 24.1 Å². The maximum absolute atomic E-state index is 3.37. The van der Waals surface area contributed by atoms with E-state index in [1.807, 2.05) is 18.7 Å². The van der Waals surface area contributed by atoms with Gasteiger partial charge in [-0.1, -0.05) is 12.2 Å². The normalized spacial score (nSPS) is 12.7. The van der Waals surface area contributed by atoms with Gasteiger partial charge in [0.25, 0.3) is 0 Å². The number of hydrogen-bond acceptors (Lipinski definition) is 2. The lowest BCUT2D eigenvalue weighted by Crippen LogP contribution is -2.31. The summed E-state index contributed by atoms with van der Waals surface area (Å²) in [5, 5.41) is 3.37. The molecule has 0 aromatic heterocycles. The van der Waals surface area contributed by atoms with Gasteiger partial charge in [-0.15, -0.1) is 0 Å². The third-order valence-corrected chi connectivity index (χ3v) is 2.85. The molecule has 0 atom stereocenters. The first-order valence-electron chi connectivity index (χ1n) is 3.99. The van der Waals surface area contributed by atoms with E-state index in [-0.39, 0.29) is 0 Å². The lowest BCUT2D eigenvalue weighted by atomic mass is 10.2. The standard InChI is InChI=1S/C9H19NS/c1-5-6-7-10-8-9(2,3)11-4/h5-6,10H,7-8H2,1-4H3/b6-5+. The molecular formula is C9H19NS. The van der Waals surface area contributed by atoms with Crippen LogP contribution in [0, 0.1) is 0 Å². The molecule has 1 nitrogen and oxygen atoms in total. The molecule has 0 aromatic rings. The minimum Gasteiger partial charge on any atom is -0.312 e. The SMILES string of the molecule is C/C=C/CNCC(C)(C)SC. The van der Waals surface area contributed by atoms with Gasteiger partial charge in [0, 0.05) is 17.8 Å².